The number of ether oxygens (including phenoxy) is 2. The Kier molecular flexibility index (Phi) is 7.60. The third-order valence-electron chi connectivity index (χ3n) is 6.35. The van der Waals surface area contributed by atoms with Gasteiger partial charge in [-0.25, -0.2) is 4.79 Å². The topological polar surface area (TPSA) is 130 Å². The normalized spacial score (nSPS) is 20.2. The molecule has 1 aromatic carbocycles. The molecule has 10 heteroatoms. The monoisotopic (exact) mass is 485 g/mol. The van der Waals surface area contributed by atoms with Crippen LogP contribution in [0.2, 0.25) is 0 Å². The van der Waals surface area contributed by atoms with Crippen molar-refractivity contribution in [3.63, 3.8) is 0 Å². The van der Waals surface area contributed by atoms with E-state index in [0.29, 0.717) is 31.6 Å². The van der Waals surface area contributed by atoms with Crippen molar-refractivity contribution >= 4 is 28.7 Å². The highest BCUT2D eigenvalue weighted by atomic mass is 16.6. The van der Waals surface area contributed by atoms with Crippen molar-refractivity contribution in [1.29, 1.82) is 5.26 Å². The van der Waals surface area contributed by atoms with Gasteiger partial charge in [-0.1, -0.05) is 0 Å². The molecule has 3 rings (SSSR count). The van der Waals surface area contributed by atoms with E-state index < -0.39 is 17.1 Å². The summed E-state index contributed by atoms with van der Waals surface area (Å²) in [6, 6.07) is 8.13. The van der Waals surface area contributed by atoms with Crippen molar-refractivity contribution in [2.75, 3.05) is 25.5 Å². The molecule has 35 heavy (non-hydrogen) atoms. The molecule has 1 amide bonds. The number of methoxy groups -OCH3 is 1. The van der Waals surface area contributed by atoms with Crippen molar-refractivity contribution in [3.8, 4) is 6.07 Å². The molecule has 1 aliphatic heterocycles. The standard InChI is InChI=1S/C25H35N5O5/c1-24(2,3)35-21(31)9-11-25(4,15-26)22-17-8-7-16(13-19(17)29(5)28-22)27-18-10-12-30(23(32)33)14-20(18)34-6/h7-8,13,18,20,27H,9-12,14H2,1-6H3,(H,32,33)/t18-,20-,25?/m1/s1. The predicted molar refractivity (Wildman–Crippen MR) is 131 cm³/mol. The van der Waals surface area contributed by atoms with Gasteiger partial charge in [0, 0.05) is 38.2 Å². The van der Waals surface area contributed by atoms with Gasteiger partial charge in [0.25, 0.3) is 0 Å². The number of rotatable bonds is 7. The van der Waals surface area contributed by atoms with Gasteiger partial charge < -0.3 is 24.8 Å². The van der Waals surface area contributed by atoms with Crippen molar-refractivity contribution in [2.45, 2.75) is 70.1 Å². The van der Waals surface area contributed by atoms with Gasteiger partial charge in [-0.15, -0.1) is 0 Å². The van der Waals surface area contributed by atoms with E-state index in [1.165, 1.54) is 4.90 Å². The minimum atomic E-state index is -0.962. The number of aromatic nitrogens is 2. The summed E-state index contributed by atoms with van der Waals surface area (Å²) in [5.74, 6) is -0.340. The van der Waals surface area contributed by atoms with Gasteiger partial charge in [-0.3, -0.25) is 9.48 Å². The van der Waals surface area contributed by atoms with Crippen LogP contribution in [-0.4, -0.2) is 69.8 Å². The summed E-state index contributed by atoms with van der Waals surface area (Å²) in [4.78, 5) is 24.9. The van der Waals surface area contributed by atoms with Crippen LogP contribution in [0.1, 0.15) is 52.7 Å². The summed E-state index contributed by atoms with van der Waals surface area (Å²) in [6.45, 7) is 7.98. The maximum absolute atomic E-state index is 12.3. The molecule has 1 aliphatic rings. The van der Waals surface area contributed by atoms with Gasteiger partial charge in [0.1, 0.15) is 5.60 Å². The van der Waals surface area contributed by atoms with Crippen molar-refractivity contribution in [1.82, 2.24) is 14.7 Å². The number of nitriles is 1. The molecule has 0 spiro atoms. The van der Waals surface area contributed by atoms with E-state index in [-0.39, 0.29) is 24.5 Å². The molecule has 2 heterocycles. The first-order chi connectivity index (χ1) is 16.4. The number of fused-ring (bicyclic) bond motifs is 1. The van der Waals surface area contributed by atoms with Crippen LogP contribution in [0.4, 0.5) is 10.5 Å². The third-order valence-corrected chi connectivity index (χ3v) is 6.35. The minimum absolute atomic E-state index is 0.0426. The quantitative estimate of drug-likeness (QED) is 0.569. The smallest absolute Gasteiger partial charge is 0.407 e. The molecule has 2 N–H and O–H groups in total. The number of amides is 1. The second-order valence-corrected chi connectivity index (χ2v) is 10.3. The Morgan fingerprint density at radius 3 is 2.63 bits per heavy atom. The van der Waals surface area contributed by atoms with Crippen LogP contribution in [-0.2, 0) is 26.7 Å². The number of hydrogen-bond donors (Lipinski definition) is 2. The number of esters is 1. The summed E-state index contributed by atoms with van der Waals surface area (Å²) in [6.07, 6.45) is -0.181. The first-order valence-corrected chi connectivity index (χ1v) is 11.7. The number of piperidine rings is 1. The summed E-state index contributed by atoms with van der Waals surface area (Å²) >= 11 is 0. The van der Waals surface area contributed by atoms with Crippen LogP contribution >= 0.6 is 0 Å². The summed E-state index contributed by atoms with van der Waals surface area (Å²) in [5, 5.41) is 28.3. The first kappa shape index (κ1) is 26.3. The Bertz CT molecular complexity index is 1130. The number of nitrogens with zero attached hydrogens (tertiary/aromatic N) is 4. The average Bonchev–Trinajstić information content (AvgIpc) is 3.13. The van der Waals surface area contributed by atoms with E-state index in [9.17, 15) is 20.0 Å². The first-order valence-electron chi connectivity index (χ1n) is 11.7. The lowest BCUT2D eigenvalue weighted by Gasteiger charge is -2.37. The molecule has 1 aromatic heterocycles. The number of hydrogen-bond acceptors (Lipinski definition) is 7. The number of benzene rings is 1. The molecule has 0 saturated carbocycles. The van der Waals surface area contributed by atoms with Crippen LogP contribution in [0, 0.1) is 11.3 Å². The number of carboxylic acid groups (broad SMARTS) is 1. The van der Waals surface area contributed by atoms with E-state index >= 15 is 0 Å². The molecule has 0 aliphatic carbocycles. The molecule has 1 unspecified atom stereocenters. The number of carbonyl (C=O) groups is 2. The molecule has 1 saturated heterocycles. The van der Waals surface area contributed by atoms with Gasteiger partial charge >= 0.3 is 12.1 Å². The van der Waals surface area contributed by atoms with E-state index in [1.54, 1.807) is 18.7 Å². The summed E-state index contributed by atoms with van der Waals surface area (Å²) < 4.78 is 12.7. The maximum atomic E-state index is 12.3. The van der Waals surface area contributed by atoms with Gasteiger partial charge in [0.05, 0.1) is 41.4 Å². The second-order valence-electron chi connectivity index (χ2n) is 10.3. The Morgan fingerprint density at radius 1 is 1.31 bits per heavy atom. The van der Waals surface area contributed by atoms with E-state index in [2.05, 4.69) is 16.5 Å². The number of carbonyl (C=O) groups excluding carboxylic acids is 1. The molecule has 2 aromatic rings. The lowest BCUT2D eigenvalue weighted by molar-refractivity contribution is -0.155. The fraction of sp³-hybridized carbons (Fsp3) is 0.600. The van der Waals surface area contributed by atoms with E-state index in [4.69, 9.17) is 9.47 Å². The fourth-order valence-electron chi connectivity index (χ4n) is 4.43. The zero-order valence-electron chi connectivity index (χ0n) is 21.3. The zero-order valence-corrected chi connectivity index (χ0v) is 21.3. The molecule has 1 fully saturated rings. The molecule has 0 radical (unpaired) electrons. The van der Waals surface area contributed by atoms with Gasteiger partial charge in [0.15, 0.2) is 0 Å². The summed E-state index contributed by atoms with van der Waals surface area (Å²) in [5.41, 5.74) is 0.789. The third kappa shape index (κ3) is 6.03. The van der Waals surface area contributed by atoms with Crippen LogP contribution in [0.5, 0.6) is 0 Å². The highest BCUT2D eigenvalue weighted by Gasteiger charge is 2.34. The largest absolute Gasteiger partial charge is 0.465 e. The average molecular weight is 486 g/mol. The second kappa shape index (κ2) is 10.1. The van der Waals surface area contributed by atoms with Gasteiger partial charge in [-0.2, -0.15) is 10.4 Å². The summed E-state index contributed by atoms with van der Waals surface area (Å²) in [7, 11) is 3.41. The van der Waals surface area contributed by atoms with Crippen LogP contribution in [0.15, 0.2) is 18.2 Å². The maximum Gasteiger partial charge on any atom is 0.407 e. The minimum Gasteiger partial charge on any atom is -0.465 e. The number of anilines is 1. The zero-order chi connectivity index (χ0) is 26.0. The molecular weight excluding hydrogens is 450 g/mol. The molecule has 10 nitrogen and oxygen atoms in total. The highest BCUT2D eigenvalue weighted by molar-refractivity contribution is 5.86. The van der Waals surface area contributed by atoms with Crippen LogP contribution < -0.4 is 5.32 Å². The lowest BCUT2D eigenvalue weighted by Crippen LogP contribution is -2.52. The Hall–Kier alpha value is -3.32. The van der Waals surface area contributed by atoms with Crippen LogP contribution in [0.25, 0.3) is 10.9 Å². The van der Waals surface area contributed by atoms with Crippen molar-refractivity contribution < 1.29 is 24.2 Å². The molecular formula is C25H35N5O5. The fourth-order valence-corrected chi connectivity index (χ4v) is 4.43. The van der Waals surface area contributed by atoms with E-state index in [0.717, 1.165) is 16.6 Å². The molecule has 3 atom stereocenters. The Labute approximate surface area is 205 Å². The Morgan fingerprint density at radius 2 is 2.03 bits per heavy atom. The predicted octanol–water partition coefficient (Wildman–Crippen LogP) is 3.66. The molecule has 190 valence electrons. The molecule has 0 bridgehead atoms. The number of nitrogens with one attached hydrogen (secondary N) is 1. The van der Waals surface area contributed by atoms with Crippen LogP contribution in [0.3, 0.4) is 0 Å². The van der Waals surface area contributed by atoms with Gasteiger partial charge in [0.2, 0.25) is 0 Å². The highest BCUT2D eigenvalue weighted by Crippen LogP contribution is 2.35. The lowest BCUT2D eigenvalue weighted by atomic mass is 9.82. The van der Waals surface area contributed by atoms with Gasteiger partial charge in [-0.05, 0) is 58.7 Å². The number of likely N-dealkylation sites (tertiary alicyclic amines) is 1. The van der Waals surface area contributed by atoms with Crippen molar-refractivity contribution in [2.24, 2.45) is 7.05 Å². The van der Waals surface area contributed by atoms with E-state index in [1.807, 2.05) is 46.0 Å². The van der Waals surface area contributed by atoms with Crippen molar-refractivity contribution in [3.05, 3.63) is 23.9 Å². The Balaban J connectivity index is 1.80. The SMILES string of the molecule is CO[C@@H]1CN(C(=O)O)CC[C@H]1Nc1ccc2c(C(C)(C#N)CCC(=O)OC(C)(C)C)nn(C)c2c1. The number of aryl methyl sites for hydroxylation is 1.